The Hall–Kier alpha value is -0.573. The van der Waals surface area contributed by atoms with Crippen LogP contribution in [-0.2, 0) is 9.53 Å². The molecular formula is C10H20O2Si. The summed E-state index contributed by atoms with van der Waals surface area (Å²) in [5, 5.41) is 0.684. The minimum absolute atomic E-state index is 0.201. The van der Waals surface area contributed by atoms with Crippen LogP contribution in [-0.4, -0.2) is 20.7 Å². The maximum atomic E-state index is 11.4. The molecule has 0 amide bonds. The average Bonchev–Trinajstić information content (AvgIpc) is 2.01. The van der Waals surface area contributed by atoms with Gasteiger partial charge in [-0.25, -0.2) is 4.79 Å². The standard InChI is InChI=1S/C10H20O2Si/c1-6-7-8-12-10(11)9(2)13(3,4)5/h2,6-8H2,1,3-5H3. The number of hydrogen-bond donors (Lipinski definition) is 0. The van der Waals surface area contributed by atoms with Gasteiger partial charge in [0.15, 0.2) is 0 Å². The van der Waals surface area contributed by atoms with Crippen molar-refractivity contribution in [1.29, 1.82) is 0 Å². The molecule has 0 atom stereocenters. The maximum Gasteiger partial charge on any atom is 0.329 e. The van der Waals surface area contributed by atoms with Gasteiger partial charge in [0.25, 0.3) is 0 Å². The molecule has 0 N–H and O–H groups in total. The van der Waals surface area contributed by atoms with Crippen LogP contribution >= 0.6 is 0 Å². The molecule has 0 aromatic rings. The van der Waals surface area contributed by atoms with Crippen molar-refractivity contribution < 1.29 is 9.53 Å². The lowest BCUT2D eigenvalue weighted by Gasteiger charge is -2.17. The van der Waals surface area contributed by atoms with E-state index in [1.807, 2.05) is 0 Å². The topological polar surface area (TPSA) is 26.3 Å². The van der Waals surface area contributed by atoms with Gasteiger partial charge in [-0.2, -0.15) is 0 Å². The van der Waals surface area contributed by atoms with Gasteiger partial charge >= 0.3 is 5.97 Å². The largest absolute Gasteiger partial charge is 0.463 e. The first-order valence-corrected chi connectivity index (χ1v) is 8.26. The number of ether oxygens (including phenoxy) is 1. The molecule has 2 nitrogen and oxygen atoms in total. The molecule has 0 aromatic heterocycles. The third kappa shape index (κ3) is 4.88. The molecule has 76 valence electrons. The molecule has 0 aliphatic rings. The number of carbonyl (C=O) groups is 1. The van der Waals surface area contributed by atoms with Crippen LogP contribution in [0.2, 0.25) is 19.6 Å². The van der Waals surface area contributed by atoms with Crippen molar-refractivity contribution >= 4 is 14.0 Å². The summed E-state index contributed by atoms with van der Waals surface area (Å²) in [5.41, 5.74) is 0. The van der Waals surface area contributed by atoms with E-state index in [1.54, 1.807) is 0 Å². The molecule has 3 heteroatoms. The maximum absolute atomic E-state index is 11.4. The quantitative estimate of drug-likeness (QED) is 0.295. The van der Waals surface area contributed by atoms with E-state index in [4.69, 9.17) is 4.74 Å². The number of rotatable bonds is 5. The van der Waals surface area contributed by atoms with Gasteiger partial charge in [0.2, 0.25) is 0 Å². The number of hydrogen-bond acceptors (Lipinski definition) is 2. The van der Waals surface area contributed by atoms with E-state index >= 15 is 0 Å². The second-order valence-corrected chi connectivity index (χ2v) is 9.32. The number of unbranched alkanes of at least 4 members (excludes halogenated alkanes) is 1. The fraction of sp³-hybridized carbons (Fsp3) is 0.700. The Morgan fingerprint density at radius 3 is 2.31 bits per heavy atom. The average molecular weight is 200 g/mol. The van der Waals surface area contributed by atoms with Gasteiger partial charge in [-0.3, -0.25) is 0 Å². The fourth-order valence-electron chi connectivity index (χ4n) is 0.703. The fourth-order valence-corrected chi connectivity index (χ4v) is 1.39. The van der Waals surface area contributed by atoms with Crippen molar-refractivity contribution in [3.63, 3.8) is 0 Å². The highest BCUT2D eigenvalue weighted by molar-refractivity contribution is 6.86. The van der Waals surface area contributed by atoms with E-state index in [9.17, 15) is 4.79 Å². The number of carbonyl (C=O) groups excluding carboxylic acids is 1. The van der Waals surface area contributed by atoms with Crippen LogP contribution in [0.5, 0.6) is 0 Å². The second-order valence-electron chi connectivity index (χ2n) is 4.22. The summed E-state index contributed by atoms with van der Waals surface area (Å²) < 4.78 is 5.07. The van der Waals surface area contributed by atoms with Crippen molar-refractivity contribution in [3.05, 3.63) is 11.8 Å². The molecule has 0 bridgehead atoms. The Labute approximate surface area is 82.0 Å². The number of esters is 1. The molecule has 0 aliphatic carbocycles. The van der Waals surface area contributed by atoms with E-state index in [1.165, 1.54) is 0 Å². The van der Waals surface area contributed by atoms with Gasteiger partial charge in [-0.15, -0.1) is 0 Å². The lowest BCUT2D eigenvalue weighted by Crippen LogP contribution is -2.30. The van der Waals surface area contributed by atoms with Crippen molar-refractivity contribution in [2.45, 2.75) is 39.4 Å². The monoisotopic (exact) mass is 200 g/mol. The lowest BCUT2D eigenvalue weighted by molar-refractivity contribution is -0.138. The van der Waals surface area contributed by atoms with Crippen molar-refractivity contribution in [2.24, 2.45) is 0 Å². The minimum Gasteiger partial charge on any atom is -0.463 e. The van der Waals surface area contributed by atoms with Crippen molar-refractivity contribution in [2.75, 3.05) is 6.61 Å². The normalized spacial score (nSPS) is 11.1. The Bertz CT molecular complexity index is 192. The van der Waals surface area contributed by atoms with Crippen molar-refractivity contribution in [1.82, 2.24) is 0 Å². The molecule has 0 aromatic carbocycles. The van der Waals surface area contributed by atoms with Crippen LogP contribution in [0.4, 0.5) is 0 Å². The van der Waals surface area contributed by atoms with Crippen LogP contribution in [0.1, 0.15) is 19.8 Å². The molecule has 0 heterocycles. The third-order valence-corrected chi connectivity index (χ3v) is 3.90. The molecule has 0 saturated carbocycles. The molecule has 13 heavy (non-hydrogen) atoms. The molecule has 0 rings (SSSR count). The zero-order chi connectivity index (χ0) is 10.5. The molecule has 0 unspecified atom stereocenters. The summed E-state index contributed by atoms with van der Waals surface area (Å²) >= 11 is 0. The van der Waals surface area contributed by atoms with Gasteiger partial charge < -0.3 is 4.74 Å². The van der Waals surface area contributed by atoms with Gasteiger partial charge in [0, 0.05) is 5.20 Å². The highest BCUT2D eigenvalue weighted by atomic mass is 28.3. The van der Waals surface area contributed by atoms with Gasteiger partial charge in [-0.05, 0) is 6.42 Å². The van der Waals surface area contributed by atoms with E-state index in [0.717, 1.165) is 12.8 Å². The first kappa shape index (κ1) is 12.4. The van der Waals surface area contributed by atoms with Crippen LogP contribution in [0, 0.1) is 0 Å². The van der Waals surface area contributed by atoms with Gasteiger partial charge in [0.05, 0.1) is 14.7 Å². The van der Waals surface area contributed by atoms with Crippen molar-refractivity contribution in [3.8, 4) is 0 Å². The minimum atomic E-state index is -1.55. The lowest BCUT2D eigenvalue weighted by atomic mass is 10.4. The van der Waals surface area contributed by atoms with Crippen LogP contribution < -0.4 is 0 Å². The summed E-state index contributed by atoms with van der Waals surface area (Å²) in [7, 11) is -1.55. The first-order valence-electron chi connectivity index (χ1n) is 4.76. The molecular weight excluding hydrogens is 180 g/mol. The molecule has 0 radical (unpaired) electrons. The zero-order valence-corrected chi connectivity index (χ0v) is 10.1. The van der Waals surface area contributed by atoms with Crippen LogP contribution in [0.3, 0.4) is 0 Å². The van der Waals surface area contributed by atoms with Crippen LogP contribution in [0.15, 0.2) is 11.8 Å². The third-order valence-electron chi connectivity index (χ3n) is 1.88. The summed E-state index contributed by atoms with van der Waals surface area (Å²) in [6, 6.07) is 0. The summed E-state index contributed by atoms with van der Waals surface area (Å²) in [5.74, 6) is -0.201. The highest BCUT2D eigenvalue weighted by Crippen LogP contribution is 2.13. The van der Waals surface area contributed by atoms with E-state index in [-0.39, 0.29) is 5.97 Å². The van der Waals surface area contributed by atoms with E-state index < -0.39 is 8.07 Å². The Balaban J connectivity index is 3.92. The van der Waals surface area contributed by atoms with E-state index in [2.05, 4.69) is 33.1 Å². The summed E-state index contributed by atoms with van der Waals surface area (Å²) in [6.45, 7) is 12.7. The van der Waals surface area contributed by atoms with Gasteiger partial charge in [0.1, 0.15) is 0 Å². The van der Waals surface area contributed by atoms with E-state index in [0.29, 0.717) is 11.8 Å². The Morgan fingerprint density at radius 1 is 1.38 bits per heavy atom. The highest BCUT2D eigenvalue weighted by Gasteiger charge is 2.24. The molecule has 0 aliphatic heterocycles. The Kier molecular flexibility index (Phi) is 4.99. The summed E-state index contributed by atoms with van der Waals surface area (Å²) in [4.78, 5) is 11.4. The molecule has 0 saturated heterocycles. The zero-order valence-electron chi connectivity index (χ0n) is 9.14. The molecule has 0 fully saturated rings. The SMILES string of the molecule is C=C(C(=O)OCCCC)[Si](C)(C)C. The predicted octanol–water partition coefficient (Wildman–Crippen LogP) is 2.76. The predicted molar refractivity (Wildman–Crippen MR) is 58.4 cm³/mol. The van der Waals surface area contributed by atoms with Gasteiger partial charge in [-0.1, -0.05) is 39.6 Å². The Morgan fingerprint density at radius 2 is 1.92 bits per heavy atom. The smallest absolute Gasteiger partial charge is 0.329 e. The molecule has 0 spiro atoms. The second kappa shape index (κ2) is 5.22. The summed E-state index contributed by atoms with van der Waals surface area (Å²) in [6.07, 6.45) is 1.98. The first-order chi connectivity index (χ1) is 5.89. The van der Waals surface area contributed by atoms with Crippen LogP contribution in [0.25, 0.3) is 0 Å².